The molecule has 2 fully saturated rings. The maximum atomic E-state index is 13.9. The van der Waals surface area contributed by atoms with Crippen LogP contribution in [0, 0.1) is 24.7 Å². The summed E-state index contributed by atoms with van der Waals surface area (Å²) in [4.78, 5) is 32.2. The molecule has 46 heavy (non-hydrogen) atoms. The summed E-state index contributed by atoms with van der Waals surface area (Å²) in [5, 5.41) is 15.3. The molecule has 3 aromatic heterocycles. The molecule has 2 amide bonds. The van der Waals surface area contributed by atoms with Crippen LogP contribution < -0.4 is 10.6 Å². The number of pyridine rings is 1. The Morgan fingerprint density at radius 2 is 1.80 bits per heavy atom. The van der Waals surface area contributed by atoms with E-state index >= 15 is 0 Å². The third kappa shape index (κ3) is 8.77. The van der Waals surface area contributed by atoms with Crippen LogP contribution in [0.3, 0.4) is 0 Å². The number of carbonyl (C=O) groups is 2. The molecule has 0 aromatic carbocycles. The highest BCUT2D eigenvalue weighted by molar-refractivity contribution is 8.32. The summed E-state index contributed by atoms with van der Waals surface area (Å²) in [6, 6.07) is 4.88. The van der Waals surface area contributed by atoms with Crippen molar-refractivity contribution in [2.45, 2.75) is 71.7 Å². The predicted octanol–water partition coefficient (Wildman–Crippen LogP) is 4.89. The smallest absolute Gasteiger partial charge is 0.270 e. The van der Waals surface area contributed by atoms with Crippen molar-refractivity contribution in [3.8, 4) is 11.3 Å². The number of methoxy groups -OCH3 is 1. The van der Waals surface area contributed by atoms with E-state index < -0.39 is 16.1 Å². The van der Waals surface area contributed by atoms with E-state index in [1.54, 1.807) is 30.3 Å². The summed E-state index contributed by atoms with van der Waals surface area (Å²) in [5.41, 5.74) is 4.82. The summed E-state index contributed by atoms with van der Waals surface area (Å²) in [5.74, 6) is 1.61. The van der Waals surface area contributed by atoms with Crippen LogP contribution in [0.15, 0.2) is 30.6 Å². The molecule has 1 unspecified atom stereocenters. The van der Waals surface area contributed by atoms with Crippen LogP contribution in [0.2, 0.25) is 0 Å². The molecule has 2 aliphatic rings. The van der Waals surface area contributed by atoms with Crippen LogP contribution in [-0.2, 0) is 34.0 Å². The number of rotatable bonds is 18. The Labute approximate surface area is 274 Å². The zero-order chi connectivity index (χ0) is 32.8. The molecule has 0 spiro atoms. The summed E-state index contributed by atoms with van der Waals surface area (Å²) < 4.78 is 14.8. The monoisotopic (exact) mass is 653 g/mol. The normalized spacial score (nSPS) is 16.1. The van der Waals surface area contributed by atoms with Gasteiger partial charge in [0.1, 0.15) is 18.5 Å². The molecule has 11 nitrogen and oxygen atoms in total. The number of ether oxygens (including phenoxy) is 2. The Kier molecular flexibility index (Phi) is 11.2. The fourth-order valence-electron chi connectivity index (χ4n) is 6.23. The Hall–Kier alpha value is -3.22. The number of anilines is 1. The maximum absolute atomic E-state index is 13.9. The first-order valence-electron chi connectivity index (χ1n) is 16.5. The van der Waals surface area contributed by atoms with Gasteiger partial charge in [0.2, 0.25) is 5.91 Å². The predicted molar refractivity (Wildman–Crippen MR) is 183 cm³/mol. The van der Waals surface area contributed by atoms with E-state index in [4.69, 9.17) is 19.6 Å². The molecule has 0 aliphatic heterocycles. The molecule has 5 rings (SSSR count). The van der Waals surface area contributed by atoms with Crippen molar-refractivity contribution in [3.63, 3.8) is 0 Å². The minimum absolute atomic E-state index is 0.119. The summed E-state index contributed by atoms with van der Waals surface area (Å²) in [6.07, 6.45) is 16.1. The van der Waals surface area contributed by atoms with E-state index in [1.165, 1.54) is 0 Å². The lowest BCUT2D eigenvalue weighted by molar-refractivity contribution is -0.119. The van der Waals surface area contributed by atoms with E-state index in [0.717, 1.165) is 66.9 Å². The molecule has 0 bridgehead atoms. The minimum atomic E-state index is -0.637. The van der Waals surface area contributed by atoms with Crippen molar-refractivity contribution in [1.82, 2.24) is 29.9 Å². The Bertz CT molecular complexity index is 1460. The molecule has 0 radical (unpaired) electrons. The number of carbonyl (C=O) groups excluding carboxylic acids is 2. The largest absolute Gasteiger partial charge is 0.385 e. The van der Waals surface area contributed by atoms with E-state index in [-0.39, 0.29) is 17.7 Å². The van der Waals surface area contributed by atoms with Crippen molar-refractivity contribution >= 4 is 27.5 Å². The van der Waals surface area contributed by atoms with Crippen molar-refractivity contribution < 1.29 is 19.1 Å². The van der Waals surface area contributed by atoms with Gasteiger partial charge in [0.05, 0.1) is 35.6 Å². The summed E-state index contributed by atoms with van der Waals surface area (Å²) in [7, 11) is 1.04. The molecule has 1 atom stereocenters. The van der Waals surface area contributed by atoms with Crippen LogP contribution in [0.25, 0.3) is 11.3 Å². The first-order chi connectivity index (χ1) is 22.1. The van der Waals surface area contributed by atoms with Gasteiger partial charge in [-0.15, -0.1) is 0 Å². The van der Waals surface area contributed by atoms with Gasteiger partial charge in [0.25, 0.3) is 5.91 Å². The van der Waals surface area contributed by atoms with Crippen LogP contribution in [0.1, 0.15) is 60.9 Å². The van der Waals surface area contributed by atoms with Gasteiger partial charge < -0.3 is 20.1 Å². The van der Waals surface area contributed by atoms with Gasteiger partial charge in [-0.2, -0.15) is 10.2 Å². The van der Waals surface area contributed by atoms with Crippen molar-refractivity contribution in [2.24, 2.45) is 17.8 Å². The highest BCUT2D eigenvalue weighted by Crippen LogP contribution is 2.51. The summed E-state index contributed by atoms with van der Waals surface area (Å²) in [6.45, 7) is 6.38. The molecule has 3 heterocycles. The Morgan fingerprint density at radius 1 is 1.07 bits per heavy atom. The number of hydrogen-bond donors (Lipinski definition) is 2. The second-order valence-electron chi connectivity index (χ2n) is 13.5. The van der Waals surface area contributed by atoms with Gasteiger partial charge in [-0.1, -0.05) is 6.92 Å². The zero-order valence-corrected chi connectivity index (χ0v) is 29.1. The average molecular weight is 654 g/mol. The molecule has 0 saturated heterocycles. The number of aromatic nitrogens is 5. The number of hydrogen-bond acceptors (Lipinski definition) is 7. The maximum Gasteiger partial charge on any atom is 0.270 e. The molecule has 2 N–H and O–H groups in total. The zero-order valence-electron chi connectivity index (χ0n) is 28.3. The lowest BCUT2D eigenvalue weighted by Crippen LogP contribution is -2.50. The highest BCUT2D eigenvalue weighted by atomic mass is 32.3. The lowest BCUT2D eigenvalue weighted by Gasteiger charge is -2.27. The Balaban J connectivity index is 1.29. The van der Waals surface area contributed by atoms with Crippen LogP contribution in [-0.4, -0.2) is 87.2 Å². The first kappa shape index (κ1) is 34.1. The van der Waals surface area contributed by atoms with E-state index in [1.807, 2.05) is 23.7 Å². The molecule has 2 aliphatic carbocycles. The third-order valence-corrected chi connectivity index (χ3v) is 10.3. The number of nitrogens with one attached hydrogen (secondary N) is 2. The van der Waals surface area contributed by atoms with Crippen LogP contribution in [0.4, 0.5) is 5.69 Å². The van der Waals surface area contributed by atoms with Crippen LogP contribution in [0.5, 0.6) is 0 Å². The third-order valence-electron chi connectivity index (χ3n) is 8.86. The van der Waals surface area contributed by atoms with E-state index in [9.17, 15) is 9.59 Å². The van der Waals surface area contributed by atoms with Gasteiger partial charge in [0.15, 0.2) is 0 Å². The van der Waals surface area contributed by atoms with Crippen molar-refractivity contribution in [3.05, 3.63) is 47.7 Å². The first-order valence-corrected chi connectivity index (χ1v) is 19.5. The standard InChI is InChI=1S/C34H51N7O4S/c1-7-28-30(23(2)39-41(28)22-45-19-20-46(4,5)6)27-14-13-26(21-35-27)37-34(43)32(31(24-9-10-24)25-11-12-25)38-33(42)29-15-16-36-40(29)17-8-18-44-3/h13-16,21,24-25,31-32H,7-12,17-20,22H2,1-6H3,(H,37,43)(H,38,42). The van der Waals surface area contributed by atoms with E-state index in [0.29, 0.717) is 49.7 Å². The number of amides is 2. The molecule has 2 saturated carbocycles. The van der Waals surface area contributed by atoms with Gasteiger partial charge in [0, 0.05) is 37.8 Å². The van der Waals surface area contributed by atoms with Gasteiger partial charge in [-0.25, -0.2) is 14.7 Å². The average Bonchev–Trinajstić information content (AvgIpc) is 3.95. The van der Waals surface area contributed by atoms with Crippen molar-refractivity contribution in [1.29, 1.82) is 0 Å². The molecule has 3 aromatic rings. The minimum Gasteiger partial charge on any atom is -0.385 e. The van der Waals surface area contributed by atoms with Gasteiger partial charge in [-0.05, 0) is 100 Å². The fraction of sp³-hybridized carbons (Fsp3) is 0.618. The second-order valence-corrected chi connectivity index (χ2v) is 18.1. The second kappa shape index (κ2) is 15.1. The quantitative estimate of drug-likeness (QED) is 0.187. The van der Waals surface area contributed by atoms with Crippen LogP contribution >= 0.6 is 10.0 Å². The topological polar surface area (TPSA) is 125 Å². The molecular formula is C34H51N7O4S. The number of aryl methyl sites for hydroxylation is 2. The van der Waals surface area contributed by atoms with Gasteiger partial charge in [-0.3, -0.25) is 19.3 Å². The van der Waals surface area contributed by atoms with E-state index in [2.05, 4.69) is 41.4 Å². The number of nitrogens with zero attached hydrogens (tertiary/aromatic N) is 5. The molecule has 252 valence electrons. The molecule has 12 heteroatoms. The SMILES string of the molecule is CCc1c(-c2ccc(NC(=O)C(NC(=O)c3ccnn3CCCOC)C(C3CC3)C3CC3)cn2)c(C)nn1COCCS(C)(C)C. The fourth-order valence-corrected chi connectivity index (χ4v) is 6.85. The highest BCUT2D eigenvalue weighted by Gasteiger charge is 2.48. The van der Waals surface area contributed by atoms with Crippen molar-refractivity contribution in [2.75, 3.05) is 50.2 Å². The molecular weight excluding hydrogens is 602 g/mol. The lowest BCUT2D eigenvalue weighted by atomic mass is 9.88. The summed E-state index contributed by atoms with van der Waals surface area (Å²) >= 11 is 0. The Morgan fingerprint density at radius 3 is 2.41 bits per heavy atom. The van der Waals surface area contributed by atoms with Gasteiger partial charge >= 0.3 is 0 Å².